The van der Waals surface area contributed by atoms with Crippen LogP contribution in [-0.4, -0.2) is 31.1 Å². The lowest BCUT2D eigenvalue weighted by Gasteiger charge is -2.37. The Morgan fingerprint density at radius 2 is 1.61 bits per heavy atom. The largest absolute Gasteiger partial charge is 0.340 e. The van der Waals surface area contributed by atoms with E-state index in [2.05, 4.69) is 65.4 Å². The van der Waals surface area contributed by atoms with Crippen molar-refractivity contribution in [1.29, 1.82) is 0 Å². The molecule has 0 radical (unpaired) electrons. The number of rotatable bonds is 3. The molecule has 2 aromatic rings. The monoisotopic (exact) mass is 324 g/mol. The van der Waals surface area contributed by atoms with E-state index in [-0.39, 0.29) is 0 Å². The zero-order valence-electron chi connectivity index (χ0n) is 13.7. The summed E-state index contributed by atoms with van der Waals surface area (Å²) in [5, 5.41) is 0. The molecule has 0 spiro atoms. The molecule has 2 aliphatic heterocycles. The highest BCUT2D eigenvalue weighted by Crippen LogP contribution is 2.47. The Hall–Kier alpha value is -1.45. The van der Waals surface area contributed by atoms with Gasteiger partial charge in [0.2, 0.25) is 0 Å². The molecule has 0 amide bonds. The van der Waals surface area contributed by atoms with Crippen LogP contribution in [0.1, 0.15) is 25.7 Å². The lowest BCUT2D eigenvalue weighted by atomic mass is 9.99. The van der Waals surface area contributed by atoms with Gasteiger partial charge in [0.25, 0.3) is 0 Å². The minimum atomic E-state index is 0.734. The highest BCUT2D eigenvalue weighted by molar-refractivity contribution is 7.99. The molecular formula is C20H24N2S. The summed E-state index contributed by atoms with van der Waals surface area (Å²) < 4.78 is 0. The van der Waals surface area contributed by atoms with Gasteiger partial charge in [0.15, 0.2) is 0 Å². The van der Waals surface area contributed by atoms with Crippen molar-refractivity contribution in [2.45, 2.75) is 41.5 Å². The molecule has 0 unspecified atom stereocenters. The number of fused-ring (bicyclic) bond motifs is 2. The van der Waals surface area contributed by atoms with Crippen LogP contribution in [0.25, 0.3) is 0 Å². The fourth-order valence-electron chi connectivity index (χ4n) is 3.81. The zero-order valence-corrected chi connectivity index (χ0v) is 14.6. The first-order chi connectivity index (χ1) is 11.3. The van der Waals surface area contributed by atoms with E-state index >= 15 is 0 Å². The number of likely N-dealkylation sites (tertiary alicyclic amines) is 1. The molecule has 2 aliphatic rings. The molecule has 4 rings (SSSR count). The molecule has 0 aliphatic carbocycles. The molecule has 120 valence electrons. The predicted molar refractivity (Wildman–Crippen MR) is 98.9 cm³/mol. The molecule has 3 heteroatoms. The third kappa shape index (κ3) is 3.00. The van der Waals surface area contributed by atoms with Crippen LogP contribution in [0.4, 0.5) is 11.4 Å². The summed E-state index contributed by atoms with van der Waals surface area (Å²) in [6, 6.07) is 18.4. The van der Waals surface area contributed by atoms with E-state index in [0.29, 0.717) is 0 Å². The first-order valence-corrected chi connectivity index (χ1v) is 9.48. The van der Waals surface area contributed by atoms with E-state index in [4.69, 9.17) is 0 Å². The summed E-state index contributed by atoms with van der Waals surface area (Å²) in [4.78, 5) is 7.84. The Balaban J connectivity index is 1.60. The van der Waals surface area contributed by atoms with E-state index in [1.807, 2.05) is 11.8 Å². The minimum Gasteiger partial charge on any atom is -0.340 e. The van der Waals surface area contributed by atoms with E-state index in [9.17, 15) is 0 Å². The lowest BCUT2D eigenvalue weighted by Crippen LogP contribution is -2.38. The molecule has 2 nitrogen and oxygen atoms in total. The van der Waals surface area contributed by atoms with Gasteiger partial charge in [0, 0.05) is 22.4 Å². The fraction of sp³-hybridized carbons (Fsp3) is 0.400. The highest BCUT2D eigenvalue weighted by Gasteiger charge is 2.25. The number of para-hydroxylation sites is 2. The van der Waals surface area contributed by atoms with Crippen molar-refractivity contribution in [3.63, 3.8) is 0 Å². The van der Waals surface area contributed by atoms with Gasteiger partial charge in [-0.15, -0.1) is 0 Å². The Kier molecular flexibility index (Phi) is 4.32. The Morgan fingerprint density at radius 1 is 0.957 bits per heavy atom. The number of hydrogen-bond donors (Lipinski definition) is 0. The molecule has 0 bridgehead atoms. The standard InChI is InChI=1S/C20H24N2S/c1-21-14-7-6-8-16(21)13-15-22-17-9-2-4-11-19(17)23-20-12-5-3-10-18(20)22/h2-5,9-12,16H,6-8,13-15H2,1H3/t16-/m0/s1. The Labute approximate surface area is 143 Å². The van der Waals surface area contributed by atoms with Crippen molar-refractivity contribution >= 4 is 23.1 Å². The summed E-state index contributed by atoms with van der Waals surface area (Å²) in [7, 11) is 2.29. The fourth-order valence-corrected chi connectivity index (χ4v) is 4.90. The normalized spacial score (nSPS) is 20.9. The van der Waals surface area contributed by atoms with Gasteiger partial charge >= 0.3 is 0 Å². The average molecular weight is 324 g/mol. The van der Waals surface area contributed by atoms with Gasteiger partial charge in [0.05, 0.1) is 11.4 Å². The molecule has 2 heterocycles. The van der Waals surface area contributed by atoms with Crippen molar-refractivity contribution in [3.8, 4) is 0 Å². The topological polar surface area (TPSA) is 6.48 Å². The van der Waals surface area contributed by atoms with E-state index < -0.39 is 0 Å². The van der Waals surface area contributed by atoms with Gasteiger partial charge in [-0.25, -0.2) is 0 Å². The number of benzene rings is 2. The molecule has 23 heavy (non-hydrogen) atoms. The summed E-state index contributed by atoms with van der Waals surface area (Å²) >= 11 is 1.90. The van der Waals surface area contributed by atoms with Crippen LogP contribution >= 0.6 is 11.8 Å². The van der Waals surface area contributed by atoms with Crippen LogP contribution in [0.3, 0.4) is 0 Å². The second kappa shape index (κ2) is 6.58. The van der Waals surface area contributed by atoms with Gasteiger partial charge in [0.1, 0.15) is 0 Å². The van der Waals surface area contributed by atoms with Crippen LogP contribution in [0.15, 0.2) is 58.3 Å². The van der Waals surface area contributed by atoms with Gasteiger partial charge in [-0.3, -0.25) is 0 Å². The third-order valence-corrected chi connectivity index (χ3v) is 6.27. The quantitative estimate of drug-likeness (QED) is 0.769. The molecule has 0 saturated carbocycles. The maximum Gasteiger partial charge on any atom is 0.0552 e. The number of nitrogens with zero attached hydrogens (tertiary/aromatic N) is 2. The summed E-state index contributed by atoms with van der Waals surface area (Å²) in [5.74, 6) is 0. The van der Waals surface area contributed by atoms with Crippen LogP contribution in [0, 0.1) is 0 Å². The van der Waals surface area contributed by atoms with Crippen LogP contribution in [0.5, 0.6) is 0 Å². The summed E-state index contributed by atoms with van der Waals surface area (Å²) in [6.45, 7) is 2.36. The summed E-state index contributed by atoms with van der Waals surface area (Å²) in [5.41, 5.74) is 2.74. The first-order valence-electron chi connectivity index (χ1n) is 8.66. The van der Waals surface area contributed by atoms with E-state index in [0.717, 1.165) is 12.6 Å². The predicted octanol–water partition coefficient (Wildman–Crippen LogP) is 5.16. The third-order valence-electron chi connectivity index (χ3n) is 5.14. The van der Waals surface area contributed by atoms with Crippen molar-refractivity contribution in [2.24, 2.45) is 0 Å². The smallest absolute Gasteiger partial charge is 0.0552 e. The molecular weight excluding hydrogens is 300 g/mol. The van der Waals surface area contributed by atoms with Crippen molar-refractivity contribution in [1.82, 2.24) is 4.90 Å². The average Bonchev–Trinajstić information content (AvgIpc) is 2.60. The minimum absolute atomic E-state index is 0.734. The second-order valence-corrected chi connectivity index (χ2v) is 7.69. The van der Waals surface area contributed by atoms with Crippen molar-refractivity contribution in [2.75, 3.05) is 25.0 Å². The maximum absolute atomic E-state index is 2.56. The molecule has 1 fully saturated rings. The maximum atomic E-state index is 2.56. The first kappa shape index (κ1) is 15.1. The van der Waals surface area contributed by atoms with Gasteiger partial charge in [-0.05, 0) is 57.1 Å². The van der Waals surface area contributed by atoms with Crippen LogP contribution in [-0.2, 0) is 0 Å². The number of hydrogen-bond acceptors (Lipinski definition) is 3. The van der Waals surface area contributed by atoms with Crippen LogP contribution < -0.4 is 4.90 Å². The lowest BCUT2D eigenvalue weighted by molar-refractivity contribution is 0.178. The number of piperidine rings is 1. The zero-order chi connectivity index (χ0) is 15.6. The van der Waals surface area contributed by atoms with Crippen molar-refractivity contribution in [3.05, 3.63) is 48.5 Å². The van der Waals surface area contributed by atoms with E-state index in [1.165, 1.54) is 53.4 Å². The Bertz CT molecular complexity index is 639. The SMILES string of the molecule is CN1CCCC[C@H]1CCN1c2ccccc2Sc2ccccc21. The molecule has 1 atom stereocenters. The Morgan fingerprint density at radius 3 is 2.26 bits per heavy atom. The van der Waals surface area contributed by atoms with Crippen LogP contribution in [0.2, 0.25) is 0 Å². The van der Waals surface area contributed by atoms with Crippen molar-refractivity contribution < 1.29 is 0 Å². The van der Waals surface area contributed by atoms with Gasteiger partial charge in [-0.2, -0.15) is 0 Å². The summed E-state index contributed by atoms with van der Waals surface area (Å²) in [6.07, 6.45) is 5.34. The highest BCUT2D eigenvalue weighted by atomic mass is 32.2. The second-order valence-electron chi connectivity index (χ2n) is 6.61. The number of anilines is 2. The molecule has 0 aromatic heterocycles. The van der Waals surface area contributed by atoms with Gasteiger partial charge in [-0.1, -0.05) is 42.4 Å². The van der Waals surface area contributed by atoms with Gasteiger partial charge < -0.3 is 9.80 Å². The van der Waals surface area contributed by atoms with E-state index in [1.54, 1.807) is 0 Å². The molecule has 1 saturated heterocycles. The molecule has 2 aromatic carbocycles. The molecule has 0 N–H and O–H groups in total.